The number of carbonyl (C=O) groups excluding carboxylic acids is 1. The van der Waals surface area contributed by atoms with Crippen molar-refractivity contribution >= 4 is 45.6 Å². The summed E-state index contributed by atoms with van der Waals surface area (Å²) in [6.45, 7) is 0.720. The number of thiazole rings is 1. The third kappa shape index (κ3) is 4.04. The summed E-state index contributed by atoms with van der Waals surface area (Å²) in [5.41, 5.74) is 1.92. The van der Waals surface area contributed by atoms with Crippen molar-refractivity contribution in [3.63, 3.8) is 0 Å². The smallest absolute Gasteiger partial charge is 0.274 e. The van der Waals surface area contributed by atoms with Crippen LogP contribution in [0.3, 0.4) is 0 Å². The first-order chi connectivity index (χ1) is 12.0. The predicted molar refractivity (Wildman–Crippen MR) is 103 cm³/mol. The third-order valence-electron chi connectivity index (χ3n) is 3.41. The van der Waals surface area contributed by atoms with E-state index in [0.717, 1.165) is 12.2 Å². The van der Waals surface area contributed by atoms with E-state index in [0.29, 0.717) is 26.6 Å². The van der Waals surface area contributed by atoms with Gasteiger partial charge in [0.1, 0.15) is 5.69 Å². The van der Waals surface area contributed by atoms with E-state index < -0.39 is 0 Å². The molecular weight excluding hydrogens is 379 g/mol. The summed E-state index contributed by atoms with van der Waals surface area (Å²) in [4.78, 5) is 19.1. The van der Waals surface area contributed by atoms with E-state index in [4.69, 9.17) is 23.2 Å². The second-order valence-corrected chi connectivity index (χ2v) is 7.34. The van der Waals surface area contributed by atoms with E-state index in [1.807, 2.05) is 24.4 Å². The number of anilines is 1. The molecule has 0 saturated carbocycles. The zero-order valence-electron chi connectivity index (χ0n) is 13.7. The van der Waals surface area contributed by atoms with Crippen LogP contribution in [0.2, 0.25) is 10.0 Å². The molecule has 0 saturated heterocycles. The van der Waals surface area contributed by atoms with Crippen molar-refractivity contribution < 1.29 is 4.79 Å². The van der Waals surface area contributed by atoms with E-state index in [1.54, 1.807) is 41.1 Å². The molecule has 25 heavy (non-hydrogen) atoms. The van der Waals surface area contributed by atoms with E-state index in [1.165, 1.54) is 11.3 Å². The molecule has 0 aliphatic carbocycles. The predicted octanol–water partition coefficient (Wildman–Crippen LogP) is 4.55. The van der Waals surface area contributed by atoms with E-state index >= 15 is 0 Å². The fourth-order valence-electron chi connectivity index (χ4n) is 2.40. The van der Waals surface area contributed by atoms with Crippen LogP contribution in [0.25, 0.3) is 5.69 Å². The second kappa shape index (κ2) is 7.58. The Hall–Kier alpha value is -1.86. The molecule has 3 aromatic rings. The Morgan fingerprint density at radius 3 is 2.64 bits per heavy atom. The summed E-state index contributed by atoms with van der Waals surface area (Å²) in [7, 11) is 3.94. The number of rotatable bonds is 5. The van der Waals surface area contributed by atoms with Gasteiger partial charge in [0.2, 0.25) is 0 Å². The summed E-state index contributed by atoms with van der Waals surface area (Å²) >= 11 is 13.9. The topological polar surface area (TPSA) is 50.2 Å². The second-order valence-electron chi connectivity index (χ2n) is 5.67. The number of aromatic nitrogens is 2. The number of carbonyl (C=O) groups is 1. The van der Waals surface area contributed by atoms with Crippen LogP contribution in [0.15, 0.2) is 41.9 Å². The number of hydrogen-bond acceptors (Lipinski definition) is 4. The Kier molecular flexibility index (Phi) is 5.44. The van der Waals surface area contributed by atoms with Crippen molar-refractivity contribution in [1.29, 1.82) is 0 Å². The number of halogens is 2. The summed E-state index contributed by atoms with van der Waals surface area (Å²) in [5.74, 6) is -0.272. The van der Waals surface area contributed by atoms with Gasteiger partial charge in [0, 0.05) is 18.1 Å². The lowest BCUT2D eigenvalue weighted by Crippen LogP contribution is -2.16. The Morgan fingerprint density at radius 2 is 1.96 bits per heavy atom. The normalized spacial score (nSPS) is 11.1. The molecular formula is C17H16Cl2N4OS. The third-order valence-corrected chi connectivity index (χ3v) is 4.83. The minimum atomic E-state index is -0.272. The SMILES string of the molecule is CN(C)Cc1csc(NC(=O)c2cccn2-c2c(Cl)cccc2Cl)n1. The minimum absolute atomic E-state index is 0.272. The Balaban J connectivity index is 1.85. The summed E-state index contributed by atoms with van der Waals surface area (Å²) in [6.07, 6.45) is 1.75. The molecule has 2 heterocycles. The Bertz CT molecular complexity index is 883. The molecule has 0 bridgehead atoms. The van der Waals surface area contributed by atoms with Crippen molar-refractivity contribution in [2.75, 3.05) is 19.4 Å². The van der Waals surface area contributed by atoms with Crippen LogP contribution >= 0.6 is 34.5 Å². The van der Waals surface area contributed by atoms with Crippen LogP contribution in [0.4, 0.5) is 5.13 Å². The fourth-order valence-corrected chi connectivity index (χ4v) is 3.68. The molecule has 1 aromatic carbocycles. The van der Waals surface area contributed by atoms with Crippen LogP contribution < -0.4 is 5.32 Å². The molecule has 0 atom stereocenters. The number of nitrogens with one attached hydrogen (secondary N) is 1. The van der Waals surface area contributed by atoms with Crippen LogP contribution in [-0.4, -0.2) is 34.5 Å². The molecule has 0 aliphatic rings. The molecule has 0 unspecified atom stereocenters. The highest BCUT2D eigenvalue weighted by molar-refractivity contribution is 7.13. The van der Waals surface area contributed by atoms with Gasteiger partial charge in [0.25, 0.3) is 5.91 Å². The lowest BCUT2D eigenvalue weighted by atomic mass is 10.3. The maximum absolute atomic E-state index is 12.7. The number of amides is 1. The largest absolute Gasteiger partial charge is 0.310 e. The molecule has 0 spiro atoms. The van der Waals surface area contributed by atoms with Crippen LogP contribution in [-0.2, 0) is 6.54 Å². The molecule has 0 aliphatic heterocycles. The highest BCUT2D eigenvalue weighted by Gasteiger charge is 2.17. The summed E-state index contributed by atoms with van der Waals surface area (Å²) < 4.78 is 1.67. The van der Waals surface area contributed by atoms with Gasteiger partial charge in [-0.3, -0.25) is 10.1 Å². The highest BCUT2D eigenvalue weighted by Crippen LogP contribution is 2.30. The monoisotopic (exact) mass is 394 g/mol. The quantitative estimate of drug-likeness (QED) is 0.689. The van der Waals surface area contributed by atoms with Gasteiger partial charge in [0.15, 0.2) is 5.13 Å². The Labute approximate surface area is 159 Å². The van der Waals surface area contributed by atoms with Crippen molar-refractivity contribution in [2.24, 2.45) is 0 Å². The molecule has 130 valence electrons. The first-order valence-corrected chi connectivity index (χ1v) is 9.11. The van der Waals surface area contributed by atoms with Crippen LogP contribution in [0, 0.1) is 0 Å². The van der Waals surface area contributed by atoms with Gasteiger partial charge in [-0.05, 0) is 38.4 Å². The van der Waals surface area contributed by atoms with Gasteiger partial charge >= 0.3 is 0 Å². The van der Waals surface area contributed by atoms with Crippen LogP contribution in [0.1, 0.15) is 16.2 Å². The first kappa shape index (κ1) is 17.9. The zero-order chi connectivity index (χ0) is 18.0. The van der Waals surface area contributed by atoms with Gasteiger partial charge < -0.3 is 9.47 Å². The van der Waals surface area contributed by atoms with Crippen molar-refractivity contribution in [3.8, 4) is 5.69 Å². The van der Waals surface area contributed by atoms with Crippen molar-refractivity contribution in [3.05, 3.63) is 63.3 Å². The molecule has 1 N–H and O–H groups in total. The van der Waals surface area contributed by atoms with Crippen molar-refractivity contribution in [1.82, 2.24) is 14.5 Å². The van der Waals surface area contributed by atoms with E-state index in [-0.39, 0.29) is 5.91 Å². The molecule has 0 fully saturated rings. The zero-order valence-corrected chi connectivity index (χ0v) is 16.0. The molecule has 0 radical (unpaired) electrons. The maximum Gasteiger partial charge on any atom is 0.274 e. The Morgan fingerprint density at radius 1 is 1.24 bits per heavy atom. The molecule has 2 aromatic heterocycles. The van der Waals surface area contributed by atoms with Crippen molar-refractivity contribution in [2.45, 2.75) is 6.54 Å². The maximum atomic E-state index is 12.7. The highest BCUT2D eigenvalue weighted by atomic mass is 35.5. The van der Waals surface area contributed by atoms with E-state index in [9.17, 15) is 4.79 Å². The molecule has 1 amide bonds. The standard InChI is InChI=1S/C17H16Cl2N4OS/c1-22(2)9-11-10-25-17(20-11)21-16(24)14-7-4-8-23(14)15-12(18)5-3-6-13(15)19/h3-8,10H,9H2,1-2H3,(H,20,21,24). The van der Waals surface area contributed by atoms with Gasteiger partial charge in [-0.2, -0.15) is 0 Å². The average Bonchev–Trinajstić information content (AvgIpc) is 3.16. The van der Waals surface area contributed by atoms with E-state index in [2.05, 4.69) is 10.3 Å². The van der Waals surface area contributed by atoms with Gasteiger partial charge in [-0.25, -0.2) is 4.98 Å². The minimum Gasteiger partial charge on any atom is -0.310 e. The molecule has 3 rings (SSSR count). The summed E-state index contributed by atoms with van der Waals surface area (Å²) in [5, 5.41) is 6.26. The average molecular weight is 395 g/mol. The summed E-state index contributed by atoms with van der Waals surface area (Å²) in [6, 6.07) is 8.72. The molecule has 8 heteroatoms. The van der Waals surface area contributed by atoms with Crippen LogP contribution in [0.5, 0.6) is 0 Å². The lowest BCUT2D eigenvalue weighted by molar-refractivity contribution is 0.102. The number of para-hydroxylation sites is 1. The first-order valence-electron chi connectivity index (χ1n) is 7.48. The van der Waals surface area contributed by atoms with Gasteiger partial charge in [-0.15, -0.1) is 11.3 Å². The number of benzene rings is 1. The lowest BCUT2D eigenvalue weighted by Gasteiger charge is -2.12. The van der Waals surface area contributed by atoms with Gasteiger partial charge in [0.05, 0.1) is 21.4 Å². The number of hydrogen-bond donors (Lipinski definition) is 1. The van der Waals surface area contributed by atoms with Gasteiger partial charge in [-0.1, -0.05) is 29.3 Å². The molecule has 5 nitrogen and oxygen atoms in total. The fraction of sp³-hybridized carbons (Fsp3) is 0.176. The number of nitrogens with zero attached hydrogens (tertiary/aromatic N) is 3.